The molecule has 0 saturated carbocycles. The van der Waals surface area contributed by atoms with Gasteiger partial charge in [-0.25, -0.2) is 0 Å². The molecule has 0 fully saturated rings. The maximum Gasteiger partial charge on any atom is 0.186 e. The molecule has 266 valence electrons. The van der Waals surface area contributed by atoms with Gasteiger partial charge in [0.25, 0.3) is 0 Å². The molecule has 0 atom stereocenters. The highest BCUT2D eigenvalue weighted by Gasteiger charge is 2.34. The van der Waals surface area contributed by atoms with E-state index in [1.165, 1.54) is 0 Å². The molecule has 6 nitrogen and oxygen atoms in total. The first-order valence-corrected chi connectivity index (χ1v) is 17.9. The van der Waals surface area contributed by atoms with Crippen LogP contribution in [0.2, 0.25) is 5.02 Å². The largest absolute Gasteiger partial charge is 0.289 e. The average molecular weight is 711 g/mol. The van der Waals surface area contributed by atoms with Crippen molar-refractivity contribution in [3.63, 3.8) is 0 Å². The van der Waals surface area contributed by atoms with Gasteiger partial charge >= 0.3 is 0 Å². The van der Waals surface area contributed by atoms with Crippen molar-refractivity contribution in [3.05, 3.63) is 147 Å². The van der Waals surface area contributed by atoms with Crippen molar-refractivity contribution < 1.29 is 9.59 Å². The number of halogens is 1. The standard InChI is InChI=1S/C45H47ClN4O2/c1-28-22-33(25-37(41(28)51)45(8,9)10)40(31-14-12-11-13-15-31)50-48-34-19-16-30(17-20-34)32-18-21-39(38(46)26-32)49-47-27-29-23-35(43(2,3)4)42(52)36(24-29)44(5,6)7/h11-27H,1-10H3/b40-33+,49-47?,50-48?. The van der Waals surface area contributed by atoms with Gasteiger partial charge in [0.05, 0.1) is 16.9 Å². The summed E-state index contributed by atoms with van der Waals surface area (Å²) < 4.78 is 0. The van der Waals surface area contributed by atoms with Gasteiger partial charge in [-0.1, -0.05) is 122 Å². The molecule has 0 heterocycles. The van der Waals surface area contributed by atoms with Crippen molar-refractivity contribution in [3.8, 4) is 11.1 Å². The first-order valence-electron chi connectivity index (χ1n) is 17.5. The number of rotatable bonds is 6. The maximum absolute atomic E-state index is 13.2. The molecule has 0 amide bonds. The first-order chi connectivity index (χ1) is 24.3. The minimum Gasteiger partial charge on any atom is -0.289 e. The Kier molecular flexibility index (Phi) is 10.9. The molecule has 0 aromatic heterocycles. The van der Waals surface area contributed by atoms with Crippen LogP contribution in [0.15, 0.2) is 157 Å². The lowest BCUT2D eigenvalue weighted by Crippen LogP contribution is -2.27. The summed E-state index contributed by atoms with van der Waals surface area (Å²) in [5.41, 5.74) is 8.41. The Labute approximate surface area is 313 Å². The van der Waals surface area contributed by atoms with E-state index in [0.717, 1.165) is 44.6 Å². The van der Waals surface area contributed by atoms with Gasteiger partial charge in [-0.3, -0.25) is 9.59 Å². The first kappa shape index (κ1) is 38.2. The molecule has 5 rings (SSSR count). The lowest BCUT2D eigenvalue weighted by molar-refractivity contribution is -0.114. The van der Waals surface area contributed by atoms with Gasteiger partial charge in [0, 0.05) is 27.9 Å². The summed E-state index contributed by atoms with van der Waals surface area (Å²) in [6, 6.07) is 23.3. The fourth-order valence-electron chi connectivity index (χ4n) is 5.94. The molecule has 0 aliphatic heterocycles. The number of nitrogens with zero attached hydrogens (tertiary/aromatic N) is 4. The third-order valence-corrected chi connectivity index (χ3v) is 9.22. The van der Waals surface area contributed by atoms with E-state index < -0.39 is 0 Å². The second-order valence-corrected chi connectivity index (χ2v) is 16.7. The minimum absolute atomic E-state index is 0.0576. The summed E-state index contributed by atoms with van der Waals surface area (Å²) in [7, 11) is 0. The van der Waals surface area contributed by atoms with Crippen LogP contribution in [0.5, 0.6) is 0 Å². The highest BCUT2D eigenvalue weighted by atomic mass is 35.5. The number of azo groups is 2. The Balaban J connectivity index is 1.38. The summed E-state index contributed by atoms with van der Waals surface area (Å²) in [6.07, 6.45) is 9.32. The van der Waals surface area contributed by atoms with E-state index in [2.05, 4.69) is 15.3 Å². The van der Waals surface area contributed by atoms with Gasteiger partial charge in [-0.15, -0.1) is 10.2 Å². The maximum atomic E-state index is 13.2. The quantitative estimate of drug-likeness (QED) is 0.239. The van der Waals surface area contributed by atoms with Crippen molar-refractivity contribution in [1.82, 2.24) is 0 Å². The lowest BCUT2D eigenvalue weighted by Gasteiger charge is -2.31. The predicted octanol–water partition coefficient (Wildman–Crippen LogP) is 13.5. The number of hydrogen-bond acceptors (Lipinski definition) is 6. The van der Waals surface area contributed by atoms with Crippen LogP contribution in [0.25, 0.3) is 16.8 Å². The van der Waals surface area contributed by atoms with E-state index in [1.54, 1.807) is 6.20 Å². The summed E-state index contributed by atoms with van der Waals surface area (Å²) in [5, 5.41) is 18.5. The third kappa shape index (κ3) is 8.86. The van der Waals surface area contributed by atoms with Crippen LogP contribution in [0.3, 0.4) is 0 Å². The molecule has 0 saturated heterocycles. The van der Waals surface area contributed by atoms with Crippen LogP contribution < -0.4 is 0 Å². The van der Waals surface area contributed by atoms with Crippen LogP contribution >= 0.6 is 11.6 Å². The Morgan fingerprint density at radius 3 is 1.75 bits per heavy atom. The van der Waals surface area contributed by atoms with E-state index in [1.807, 2.05) is 166 Å². The van der Waals surface area contributed by atoms with Crippen LogP contribution in [0, 0.1) is 16.2 Å². The number of allylic oxidation sites excluding steroid dienone is 10. The SMILES string of the molecule is CC1=C/C(=C(\N=Nc2ccc(-c3ccc(N=NC=C4C=C(C(C)(C)C)C(=O)C(C(C)(C)C)=C4)c(Cl)c3)cc2)c2ccccc2)C=C(C(C)(C)C)C1=O. The number of carbonyl (C=O) groups is 2. The highest BCUT2D eigenvalue weighted by molar-refractivity contribution is 6.33. The summed E-state index contributed by atoms with van der Waals surface area (Å²) in [6.45, 7) is 20.2. The van der Waals surface area contributed by atoms with Crippen LogP contribution in [-0.2, 0) is 9.59 Å². The van der Waals surface area contributed by atoms with Crippen LogP contribution in [0.1, 0.15) is 74.8 Å². The minimum atomic E-state index is -0.312. The summed E-state index contributed by atoms with van der Waals surface area (Å²) in [5.74, 6) is 0.137. The Morgan fingerprint density at radius 1 is 0.635 bits per heavy atom. The molecule has 2 aliphatic carbocycles. The fraction of sp³-hybridized carbons (Fsp3) is 0.289. The Bertz CT molecular complexity index is 2120. The average Bonchev–Trinajstić information content (AvgIpc) is 3.07. The molecule has 0 bridgehead atoms. The number of hydrogen-bond donors (Lipinski definition) is 0. The second-order valence-electron chi connectivity index (χ2n) is 16.3. The summed E-state index contributed by atoms with van der Waals surface area (Å²) in [4.78, 5) is 26.2. The smallest absolute Gasteiger partial charge is 0.186 e. The topological polar surface area (TPSA) is 83.6 Å². The van der Waals surface area contributed by atoms with E-state index in [9.17, 15) is 9.59 Å². The number of carbonyl (C=O) groups excluding carboxylic acids is 2. The number of Topliss-reactive ketones (excluding diaryl/α,β-unsaturated/α-hetero) is 2. The zero-order valence-electron chi connectivity index (χ0n) is 31.8. The molecular weight excluding hydrogens is 664 g/mol. The molecule has 3 aromatic rings. The van der Waals surface area contributed by atoms with Crippen LogP contribution in [0.4, 0.5) is 11.4 Å². The zero-order chi connectivity index (χ0) is 38.0. The van der Waals surface area contributed by atoms with Crippen molar-refractivity contribution in [1.29, 1.82) is 0 Å². The van der Waals surface area contributed by atoms with Crippen molar-refractivity contribution in [2.75, 3.05) is 0 Å². The molecule has 7 heteroatoms. The van der Waals surface area contributed by atoms with E-state index >= 15 is 0 Å². The van der Waals surface area contributed by atoms with Gasteiger partial charge in [0.2, 0.25) is 0 Å². The van der Waals surface area contributed by atoms with Crippen molar-refractivity contribution >= 4 is 40.2 Å². The number of ketones is 2. The van der Waals surface area contributed by atoms with Gasteiger partial charge in [-0.2, -0.15) is 10.2 Å². The Morgan fingerprint density at radius 2 is 1.19 bits per heavy atom. The molecule has 2 aliphatic rings. The van der Waals surface area contributed by atoms with Crippen molar-refractivity contribution in [2.24, 2.45) is 36.7 Å². The highest BCUT2D eigenvalue weighted by Crippen LogP contribution is 2.40. The number of benzene rings is 3. The normalized spacial score (nSPS) is 16.9. The molecule has 0 spiro atoms. The predicted molar refractivity (Wildman–Crippen MR) is 214 cm³/mol. The van der Waals surface area contributed by atoms with E-state index in [-0.39, 0.29) is 27.8 Å². The zero-order valence-corrected chi connectivity index (χ0v) is 32.6. The van der Waals surface area contributed by atoms with E-state index in [0.29, 0.717) is 27.7 Å². The third-order valence-electron chi connectivity index (χ3n) is 8.92. The summed E-state index contributed by atoms with van der Waals surface area (Å²) >= 11 is 6.68. The van der Waals surface area contributed by atoms with Gasteiger partial charge in [0.1, 0.15) is 11.4 Å². The molecule has 3 aromatic carbocycles. The van der Waals surface area contributed by atoms with Crippen molar-refractivity contribution in [2.45, 2.75) is 69.2 Å². The molecular formula is C45H47ClN4O2. The molecule has 0 N–H and O–H groups in total. The van der Waals surface area contributed by atoms with E-state index in [4.69, 9.17) is 16.7 Å². The fourth-order valence-corrected chi connectivity index (χ4v) is 6.16. The monoisotopic (exact) mass is 710 g/mol. The van der Waals surface area contributed by atoms with Gasteiger partial charge in [-0.05, 0) is 94.0 Å². The Hall–Kier alpha value is -5.07. The lowest BCUT2D eigenvalue weighted by atomic mass is 9.72. The van der Waals surface area contributed by atoms with Gasteiger partial charge < -0.3 is 0 Å². The molecule has 0 radical (unpaired) electrons. The second kappa shape index (κ2) is 14.9. The molecule has 52 heavy (non-hydrogen) atoms. The van der Waals surface area contributed by atoms with Gasteiger partial charge in [0.15, 0.2) is 11.6 Å². The van der Waals surface area contributed by atoms with Crippen LogP contribution in [-0.4, -0.2) is 11.6 Å². The molecule has 0 unspecified atom stereocenters.